The van der Waals surface area contributed by atoms with Gasteiger partial charge >= 0.3 is 0 Å². The molecule has 0 spiro atoms. The Kier molecular flexibility index (Phi) is 3.52. The zero-order valence-corrected chi connectivity index (χ0v) is 11.7. The van der Waals surface area contributed by atoms with Gasteiger partial charge in [0.05, 0.1) is 11.4 Å². The first-order chi connectivity index (χ1) is 8.51. The van der Waals surface area contributed by atoms with Crippen LogP contribution in [0.4, 0.5) is 0 Å². The molecular weight excluding hydrogens is 226 g/mol. The molecule has 0 aliphatic carbocycles. The van der Waals surface area contributed by atoms with E-state index in [0.29, 0.717) is 0 Å². The third-order valence-electron chi connectivity index (χ3n) is 3.29. The Balaban J connectivity index is 2.25. The van der Waals surface area contributed by atoms with Crippen molar-refractivity contribution in [2.45, 2.75) is 26.3 Å². The summed E-state index contributed by atoms with van der Waals surface area (Å²) >= 11 is 0. The van der Waals surface area contributed by atoms with Crippen LogP contribution in [0.3, 0.4) is 0 Å². The molecule has 0 radical (unpaired) electrons. The molecule has 98 valence electrons. The third kappa shape index (κ3) is 2.46. The van der Waals surface area contributed by atoms with Gasteiger partial charge in [0.15, 0.2) is 0 Å². The van der Waals surface area contributed by atoms with Gasteiger partial charge in [0.1, 0.15) is 0 Å². The van der Waals surface area contributed by atoms with E-state index in [2.05, 4.69) is 27.8 Å². The fourth-order valence-corrected chi connectivity index (χ4v) is 2.39. The number of hydrogen-bond acceptors (Lipinski definition) is 3. The Bertz CT molecular complexity index is 538. The van der Waals surface area contributed by atoms with Gasteiger partial charge in [-0.25, -0.2) is 0 Å². The molecule has 18 heavy (non-hydrogen) atoms. The molecule has 0 amide bonds. The van der Waals surface area contributed by atoms with Gasteiger partial charge in [-0.2, -0.15) is 10.2 Å². The number of hydrogen-bond donors (Lipinski definition) is 1. The maximum atomic E-state index is 4.40. The quantitative estimate of drug-likeness (QED) is 0.885. The molecule has 1 atom stereocenters. The first kappa shape index (κ1) is 12.8. The van der Waals surface area contributed by atoms with Crippen LogP contribution in [0.25, 0.3) is 0 Å². The van der Waals surface area contributed by atoms with Crippen molar-refractivity contribution in [3.05, 3.63) is 34.9 Å². The lowest BCUT2D eigenvalue weighted by Gasteiger charge is -2.15. The fourth-order valence-electron chi connectivity index (χ4n) is 2.39. The van der Waals surface area contributed by atoms with Crippen LogP contribution >= 0.6 is 0 Å². The summed E-state index contributed by atoms with van der Waals surface area (Å²) in [4.78, 5) is 0. The Morgan fingerprint density at radius 3 is 2.44 bits per heavy atom. The minimum absolute atomic E-state index is 0.272. The Morgan fingerprint density at radius 1 is 1.28 bits per heavy atom. The normalized spacial score (nSPS) is 12.9. The van der Waals surface area contributed by atoms with Gasteiger partial charge in [-0.1, -0.05) is 0 Å². The highest BCUT2D eigenvalue weighted by atomic mass is 15.3. The van der Waals surface area contributed by atoms with Crippen LogP contribution in [0.1, 0.15) is 28.7 Å². The van der Waals surface area contributed by atoms with Crippen molar-refractivity contribution in [2.75, 3.05) is 7.05 Å². The third-order valence-corrected chi connectivity index (χ3v) is 3.29. The summed E-state index contributed by atoms with van der Waals surface area (Å²) < 4.78 is 3.81. The van der Waals surface area contributed by atoms with Gasteiger partial charge < -0.3 is 5.32 Å². The lowest BCUT2D eigenvalue weighted by molar-refractivity contribution is 0.559. The number of rotatable bonds is 4. The van der Waals surface area contributed by atoms with Crippen molar-refractivity contribution in [2.24, 2.45) is 14.1 Å². The topological polar surface area (TPSA) is 47.7 Å². The number of aromatic nitrogens is 4. The summed E-state index contributed by atoms with van der Waals surface area (Å²) in [6, 6.07) is 2.41. The molecule has 0 aromatic carbocycles. The molecule has 2 heterocycles. The largest absolute Gasteiger partial charge is 0.313 e. The van der Waals surface area contributed by atoms with Crippen molar-refractivity contribution >= 4 is 0 Å². The summed E-state index contributed by atoms with van der Waals surface area (Å²) in [7, 11) is 5.93. The monoisotopic (exact) mass is 247 g/mol. The lowest BCUT2D eigenvalue weighted by atomic mass is 10.0. The van der Waals surface area contributed by atoms with E-state index in [1.54, 1.807) is 0 Å². The van der Waals surface area contributed by atoms with Crippen molar-refractivity contribution < 1.29 is 0 Å². The highest BCUT2D eigenvalue weighted by Crippen LogP contribution is 2.20. The van der Waals surface area contributed by atoms with Gasteiger partial charge in [-0.3, -0.25) is 9.36 Å². The molecule has 1 unspecified atom stereocenters. The minimum atomic E-state index is 0.272. The molecule has 0 fully saturated rings. The molecular formula is C13H21N5. The van der Waals surface area contributed by atoms with E-state index < -0.39 is 0 Å². The second kappa shape index (κ2) is 4.94. The molecule has 0 aliphatic rings. The number of aryl methyl sites for hydroxylation is 4. The second-order valence-electron chi connectivity index (χ2n) is 4.79. The highest BCUT2D eigenvalue weighted by molar-refractivity contribution is 5.23. The molecule has 0 saturated carbocycles. The summed E-state index contributed by atoms with van der Waals surface area (Å²) in [6.07, 6.45) is 3.00. The van der Waals surface area contributed by atoms with Crippen LogP contribution in [0, 0.1) is 13.8 Å². The summed E-state index contributed by atoms with van der Waals surface area (Å²) in [6.45, 7) is 4.07. The van der Waals surface area contributed by atoms with E-state index in [9.17, 15) is 0 Å². The van der Waals surface area contributed by atoms with Crippen molar-refractivity contribution in [1.29, 1.82) is 0 Å². The molecule has 0 bridgehead atoms. The van der Waals surface area contributed by atoms with E-state index >= 15 is 0 Å². The predicted molar refractivity (Wildman–Crippen MR) is 71.4 cm³/mol. The molecule has 5 heteroatoms. The first-order valence-corrected chi connectivity index (χ1v) is 6.18. The van der Waals surface area contributed by atoms with Gasteiger partial charge in [0.25, 0.3) is 0 Å². The molecule has 2 aromatic rings. The predicted octanol–water partition coefficient (Wildman–Crippen LogP) is 1.27. The maximum Gasteiger partial charge on any atom is 0.0641 e. The van der Waals surface area contributed by atoms with Crippen LogP contribution in [-0.2, 0) is 20.5 Å². The summed E-state index contributed by atoms with van der Waals surface area (Å²) in [5.74, 6) is 0. The Labute approximate surface area is 108 Å². The minimum Gasteiger partial charge on any atom is -0.313 e. The second-order valence-corrected chi connectivity index (χ2v) is 4.79. The van der Waals surface area contributed by atoms with Crippen LogP contribution in [-0.4, -0.2) is 26.6 Å². The van der Waals surface area contributed by atoms with Crippen LogP contribution in [0.15, 0.2) is 12.3 Å². The summed E-state index contributed by atoms with van der Waals surface area (Å²) in [5, 5.41) is 12.2. The van der Waals surface area contributed by atoms with Crippen molar-refractivity contribution in [3.63, 3.8) is 0 Å². The van der Waals surface area contributed by atoms with Crippen LogP contribution in [0.5, 0.6) is 0 Å². The zero-order valence-electron chi connectivity index (χ0n) is 11.7. The number of likely N-dealkylation sites (N-methyl/N-ethyl adjacent to an activating group) is 1. The highest BCUT2D eigenvalue weighted by Gasteiger charge is 2.17. The van der Waals surface area contributed by atoms with E-state index in [1.165, 1.54) is 11.3 Å². The van der Waals surface area contributed by atoms with Crippen molar-refractivity contribution in [1.82, 2.24) is 24.9 Å². The van der Waals surface area contributed by atoms with Gasteiger partial charge in [0.2, 0.25) is 0 Å². The molecule has 1 N–H and O–H groups in total. The molecule has 0 saturated heterocycles. The lowest BCUT2D eigenvalue weighted by Crippen LogP contribution is -2.20. The summed E-state index contributed by atoms with van der Waals surface area (Å²) in [5.41, 5.74) is 4.62. The maximum absolute atomic E-state index is 4.40. The zero-order chi connectivity index (χ0) is 13.3. The van der Waals surface area contributed by atoms with Gasteiger partial charge in [-0.15, -0.1) is 0 Å². The van der Waals surface area contributed by atoms with E-state index in [0.717, 1.165) is 17.8 Å². The standard InChI is InChI=1S/C13H21N5/c1-9-6-11(18(5)15-9)7-13(14-3)12-8-17(4)16-10(12)2/h6,8,13-14H,7H2,1-5H3. The smallest absolute Gasteiger partial charge is 0.0641 e. The van der Waals surface area contributed by atoms with E-state index in [1.807, 2.05) is 44.4 Å². The molecule has 2 aromatic heterocycles. The van der Waals surface area contributed by atoms with Crippen LogP contribution in [0.2, 0.25) is 0 Å². The number of nitrogens with one attached hydrogen (secondary N) is 1. The SMILES string of the molecule is CNC(Cc1cc(C)nn1C)c1cn(C)nc1C. The number of nitrogens with zero attached hydrogens (tertiary/aromatic N) is 4. The fraction of sp³-hybridized carbons (Fsp3) is 0.538. The average molecular weight is 247 g/mol. The van der Waals surface area contributed by atoms with Crippen molar-refractivity contribution in [3.8, 4) is 0 Å². The first-order valence-electron chi connectivity index (χ1n) is 6.18. The van der Waals surface area contributed by atoms with Crippen LogP contribution < -0.4 is 5.32 Å². The Hall–Kier alpha value is -1.62. The van der Waals surface area contributed by atoms with E-state index in [-0.39, 0.29) is 6.04 Å². The van der Waals surface area contributed by atoms with E-state index in [4.69, 9.17) is 0 Å². The van der Waals surface area contributed by atoms with Gasteiger partial charge in [-0.05, 0) is 27.0 Å². The molecule has 0 aliphatic heterocycles. The molecule has 2 rings (SSSR count). The average Bonchev–Trinajstić information content (AvgIpc) is 2.78. The molecule has 5 nitrogen and oxygen atoms in total. The van der Waals surface area contributed by atoms with Gasteiger partial charge in [0, 0.05) is 44.0 Å². The Morgan fingerprint density at radius 2 is 2.00 bits per heavy atom.